The fourth-order valence-corrected chi connectivity index (χ4v) is 2.30. The second-order valence-electron chi connectivity index (χ2n) is 5.33. The van der Waals surface area contributed by atoms with Crippen molar-refractivity contribution in [3.63, 3.8) is 0 Å². The number of pyridine rings is 1. The molecule has 23 heavy (non-hydrogen) atoms. The number of ether oxygens (including phenoxy) is 1. The molecule has 0 radical (unpaired) electrons. The molecule has 0 spiro atoms. The largest absolute Gasteiger partial charge is 0.469 e. The van der Waals surface area contributed by atoms with E-state index in [-0.39, 0.29) is 11.9 Å². The summed E-state index contributed by atoms with van der Waals surface area (Å²) in [5.41, 5.74) is 1.56. The number of aromatic nitrogens is 1. The summed E-state index contributed by atoms with van der Waals surface area (Å²) in [6.45, 7) is 2.46. The van der Waals surface area contributed by atoms with Gasteiger partial charge >= 0.3 is 5.97 Å². The first-order valence-corrected chi connectivity index (χ1v) is 7.43. The first-order chi connectivity index (χ1) is 11.1. The van der Waals surface area contributed by atoms with Crippen molar-refractivity contribution in [2.24, 2.45) is 5.92 Å². The molecule has 1 amide bonds. The Morgan fingerprint density at radius 3 is 2.39 bits per heavy atom. The topological polar surface area (TPSA) is 59.5 Å². The average molecular weight is 312 g/mol. The van der Waals surface area contributed by atoms with E-state index in [2.05, 4.69) is 4.98 Å². The number of methoxy groups -OCH3 is 1. The van der Waals surface area contributed by atoms with Gasteiger partial charge in [0.05, 0.1) is 13.0 Å². The van der Waals surface area contributed by atoms with Crippen LogP contribution >= 0.6 is 0 Å². The molecule has 120 valence electrons. The molecule has 0 bridgehead atoms. The third-order valence-electron chi connectivity index (χ3n) is 3.53. The summed E-state index contributed by atoms with van der Waals surface area (Å²) in [5.74, 6) is -0.835. The second-order valence-corrected chi connectivity index (χ2v) is 5.33. The van der Waals surface area contributed by atoms with E-state index in [0.29, 0.717) is 18.7 Å². The van der Waals surface area contributed by atoms with Gasteiger partial charge in [-0.15, -0.1) is 0 Å². The number of benzene rings is 1. The lowest BCUT2D eigenvalue weighted by molar-refractivity contribution is -0.145. The Bertz CT molecular complexity index is 644. The van der Waals surface area contributed by atoms with E-state index in [9.17, 15) is 9.59 Å². The molecule has 1 aromatic heterocycles. The van der Waals surface area contributed by atoms with Gasteiger partial charge < -0.3 is 9.64 Å². The van der Waals surface area contributed by atoms with E-state index in [0.717, 1.165) is 5.56 Å². The van der Waals surface area contributed by atoms with Crippen molar-refractivity contribution in [1.82, 2.24) is 9.88 Å². The number of nitrogens with zero attached hydrogens (tertiary/aromatic N) is 2. The SMILES string of the molecule is COC(=O)C(C)CN(Cc1ccncc1)C(=O)c1ccccc1. The Morgan fingerprint density at radius 1 is 1.13 bits per heavy atom. The molecule has 1 unspecified atom stereocenters. The molecule has 1 heterocycles. The quantitative estimate of drug-likeness (QED) is 0.769. The van der Waals surface area contributed by atoms with Crippen LogP contribution in [0, 0.1) is 5.92 Å². The Labute approximate surface area is 135 Å². The highest BCUT2D eigenvalue weighted by Crippen LogP contribution is 2.13. The maximum Gasteiger partial charge on any atom is 0.310 e. The van der Waals surface area contributed by atoms with Crippen LogP contribution in [0.4, 0.5) is 0 Å². The number of esters is 1. The van der Waals surface area contributed by atoms with Gasteiger partial charge in [0.15, 0.2) is 0 Å². The maximum atomic E-state index is 12.8. The Morgan fingerprint density at radius 2 is 1.78 bits per heavy atom. The fraction of sp³-hybridized carbons (Fsp3) is 0.278. The zero-order valence-electron chi connectivity index (χ0n) is 13.3. The van der Waals surface area contributed by atoms with Gasteiger partial charge in [-0.1, -0.05) is 25.1 Å². The van der Waals surface area contributed by atoms with Gasteiger partial charge in [0.25, 0.3) is 5.91 Å². The monoisotopic (exact) mass is 312 g/mol. The molecule has 5 heteroatoms. The number of hydrogen-bond donors (Lipinski definition) is 0. The normalized spacial score (nSPS) is 11.6. The van der Waals surface area contributed by atoms with E-state index in [1.807, 2.05) is 30.3 Å². The minimum Gasteiger partial charge on any atom is -0.469 e. The van der Waals surface area contributed by atoms with Crippen molar-refractivity contribution in [3.8, 4) is 0 Å². The molecule has 0 fully saturated rings. The highest BCUT2D eigenvalue weighted by molar-refractivity contribution is 5.94. The third kappa shape index (κ3) is 4.64. The molecule has 1 aromatic carbocycles. The summed E-state index contributed by atoms with van der Waals surface area (Å²) < 4.78 is 4.76. The van der Waals surface area contributed by atoms with Gasteiger partial charge in [0.1, 0.15) is 0 Å². The van der Waals surface area contributed by atoms with E-state index >= 15 is 0 Å². The van der Waals surface area contributed by atoms with Gasteiger partial charge in [0.2, 0.25) is 0 Å². The lowest BCUT2D eigenvalue weighted by atomic mass is 10.1. The summed E-state index contributed by atoms with van der Waals surface area (Å²) in [4.78, 5) is 30.1. The van der Waals surface area contributed by atoms with E-state index in [4.69, 9.17) is 4.74 Å². The van der Waals surface area contributed by atoms with Crippen LogP contribution < -0.4 is 0 Å². The summed E-state index contributed by atoms with van der Waals surface area (Å²) in [6, 6.07) is 12.8. The molecule has 5 nitrogen and oxygen atoms in total. The predicted octanol–water partition coefficient (Wildman–Crippen LogP) is 2.53. The summed E-state index contributed by atoms with van der Waals surface area (Å²) >= 11 is 0. The van der Waals surface area contributed by atoms with Crippen molar-refractivity contribution in [2.45, 2.75) is 13.5 Å². The average Bonchev–Trinajstić information content (AvgIpc) is 2.61. The van der Waals surface area contributed by atoms with Gasteiger partial charge in [-0.25, -0.2) is 0 Å². The minimum absolute atomic E-state index is 0.113. The Hall–Kier alpha value is -2.69. The molecule has 0 aliphatic rings. The lowest BCUT2D eigenvalue weighted by Gasteiger charge is -2.25. The highest BCUT2D eigenvalue weighted by atomic mass is 16.5. The maximum absolute atomic E-state index is 12.8. The molecule has 2 aromatic rings. The van der Waals surface area contributed by atoms with Crippen molar-refractivity contribution < 1.29 is 14.3 Å². The molecular formula is C18H20N2O3. The number of rotatable bonds is 6. The molecular weight excluding hydrogens is 292 g/mol. The molecule has 2 rings (SSSR count). The Kier molecular flexibility index (Phi) is 5.86. The lowest BCUT2D eigenvalue weighted by Crippen LogP contribution is -2.36. The van der Waals surface area contributed by atoms with Crippen molar-refractivity contribution in [3.05, 3.63) is 66.0 Å². The molecule has 0 saturated carbocycles. The van der Waals surface area contributed by atoms with Crippen LogP contribution in [0.2, 0.25) is 0 Å². The first-order valence-electron chi connectivity index (χ1n) is 7.43. The zero-order valence-corrected chi connectivity index (χ0v) is 13.3. The van der Waals surface area contributed by atoms with Gasteiger partial charge in [-0.2, -0.15) is 0 Å². The molecule has 0 N–H and O–H groups in total. The van der Waals surface area contributed by atoms with Crippen LogP contribution in [0.3, 0.4) is 0 Å². The number of carbonyl (C=O) groups excluding carboxylic acids is 2. The summed E-state index contributed by atoms with van der Waals surface area (Å²) in [7, 11) is 1.35. The highest BCUT2D eigenvalue weighted by Gasteiger charge is 2.22. The van der Waals surface area contributed by atoms with E-state index in [1.54, 1.807) is 36.4 Å². The predicted molar refractivity (Wildman–Crippen MR) is 86.6 cm³/mol. The van der Waals surface area contributed by atoms with Gasteiger partial charge in [0, 0.05) is 31.0 Å². The van der Waals surface area contributed by atoms with E-state index in [1.165, 1.54) is 7.11 Å². The second kappa shape index (κ2) is 8.08. The van der Waals surface area contributed by atoms with Gasteiger partial charge in [-0.05, 0) is 29.8 Å². The van der Waals surface area contributed by atoms with E-state index < -0.39 is 5.92 Å². The minimum atomic E-state index is -0.394. The van der Waals surface area contributed by atoms with Crippen molar-refractivity contribution >= 4 is 11.9 Å². The third-order valence-corrected chi connectivity index (χ3v) is 3.53. The molecule has 0 saturated heterocycles. The first kappa shape index (κ1) is 16.7. The summed E-state index contributed by atoms with van der Waals surface area (Å²) in [6.07, 6.45) is 3.37. The van der Waals surface area contributed by atoms with Crippen LogP contribution in [0.5, 0.6) is 0 Å². The smallest absolute Gasteiger partial charge is 0.310 e. The summed E-state index contributed by atoms with van der Waals surface area (Å²) in [5, 5.41) is 0. The van der Waals surface area contributed by atoms with Crippen LogP contribution in [-0.4, -0.2) is 35.4 Å². The van der Waals surface area contributed by atoms with Crippen LogP contribution in [0.15, 0.2) is 54.9 Å². The van der Waals surface area contributed by atoms with Crippen LogP contribution in [-0.2, 0) is 16.1 Å². The molecule has 0 aliphatic heterocycles. The Balaban J connectivity index is 2.20. The number of hydrogen-bond acceptors (Lipinski definition) is 4. The zero-order chi connectivity index (χ0) is 16.7. The van der Waals surface area contributed by atoms with Gasteiger partial charge in [-0.3, -0.25) is 14.6 Å². The number of amides is 1. The van der Waals surface area contributed by atoms with Crippen LogP contribution in [0.25, 0.3) is 0 Å². The standard InChI is InChI=1S/C18H20N2O3/c1-14(18(22)23-2)12-20(13-15-8-10-19-11-9-15)17(21)16-6-4-3-5-7-16/h3-11,14H,12-13H2,1-2H3. The van der Waals surface area contributed by atoms with Crippen LogP contribution in [0.1, 0.15) is 22.8 Å². The number of carbonyl (C=O) groups is 2. The molecule has 1 atom stereocenters. The fourth-order valence-electron chi connectivity index (χ4n) is 2.30. The van der Waals surface area contributed by atoms with Crippen molar-refractivity contribution in [1.29, 1.82) is 0 Å². The molecule has 0 aliphatic carbocycles. The van der Waals surface area contributed by atoms with Crippen molar-refractivity contribution in [2.75, 3.05) is 13.7 Å².